The SMILES string of the molecule is CCN1CCCC1CNC(=NCc1nnc(C)n1C)N1CCC(c2ccccc2)C1. The third-order valence-electron chi connectivity index (χ3n) is 6.71. The summed E-state index contributed by atoms with van der Waals surface area (Å²) < 4.78 is 2.02. The number of hydrogen-bond donors (Lipinski definition) is 1. The van der Waals surface area contributed by atoms with Gasteiger partial charge < -0.3 is 14.8 Å². The zero-order valence-corrected chi connectivity index (χ0v) is 18.6. The van der Waals surface area contributed by atoms with Gasteiger partial charge in [0.15, 0.2) is 11.8 Å². The first-order chi connectivity index (χ1) is 14.7. The predicted molar refractivity (Wildman–Crippen MR) is 121 cm³/mol. The molecule has 4 rings (SSSR count). The Bertz CT molecular complexity index is 844. The molecule has 2 fully saturated rings. The van der Waals surface area contributed by atoms with Crippen LogP contribution in [0.1, 0.15) is 49.3 Å². The number of hydrogen-bond acceptors (Lipinski definition) is 4. The molecule has 0 bridgehead atoms. The summed E-state index contributed by atoms with van der Waals surface area (Å²) in [7, 11) is 2.01. The van der Waals surface area contributed by atoms with Gasteiger partial charge in [0.1, 0.15) is 12.4 Å². The second-order valence-corrected chi connectivity index (χ2v) is 8.51. The number of nitrogens with one attached hydrogen (secondary N) is 1. The lowest BCUT2D eigenvalue weighted by atomic mass is 9.99. The highest BCUT2D eigenvalue weighted by molar-refractivity contribution is 5.80. The number of likely N-dealkylation sites (N-methyl/N-ethyl adjacent to an activating group) is 1. The average Bonchev–Trinajstić information content (AvgIpc) is 3.51. The van der Waals surface area contributed by atoms with Gasteiger partial charge in [-0.2, -0.15) is 0 Å². The average molecular weight is 410 g/mol. The summed E-state index contributed by atoms with van der Waals surface area (Å²) in [6, 6.07) is 11.5. The van der Waals surface area contributed by atoms with E-state index in [2.05, 4.69) is 62.6 Å². The molecular weight excluding hydrogens is 374 g/mol. The zero-order valence-electron chi connectivity index (χ0n) is 18.6. The number of benzene rings is 1. The molecule has 7 nitrogen and oxygen atoms in total. The normalized spacial score (nSPS) is 22.8. The lowest BCUT2D eigenvalue weighted by Gasteiger charge is -2.27. The van der Waals surface area contributed by atoms with E-state index in [0.29, 0.717) is 18.5 Å². The third-order valence-corrected chi connectivity index (χ3v) is 6.71. The maximum absolute atomic E-state index is 4.98. The molecule has 1 aromatic heterocycles. The summed E-state index contributed by atoms with van der Waals surface area (Å²) >= 11 is 0. The standard InChI is InChI=1S/C23H35N7/c1-4-29-13-8-11-21(29)15-24-23(25-16-22-27-26-18(2)28(22)3)30-14-12-20(17-30)19-9-6-5-7-10-19/h5-7,9-10,20-21H,4,8,11-17H2,1-3H3,(H,24,25). The molecule has 3 heterocycles. The minimum absolute atomic E-state index is 0.550. The molecular formula is C23H35N7. The molecule has 1 N–H and O–H groups in total. The molecule has 0 radical (unpaired) electrons. The summed E-state index contributed by atoms with van der Waals surface area (Å²) in [4.78, 5) is 9.98. The zero-order chi connectivity index (χ0) is 20.9. The van der Waals surface area contributed by atoms with Gasteiger partial charge in [0.2, 0.25) is 0 Å². The fourth-order valence-electron chi connectivity index (χ4n) is 4.70. The van der Waals surface area contributed by atoms with Gasteiger partial charge in [-0.15, -0.1) is 10.2 Å². The van der Waals surface area contributed by atoms with Crippen molar-refractivity contribution in [2.24, 2.45) is 12.0 Å². The molecule has 0 amide bonds. The molecule has 2 aliphatic heterocycles. The molecule has 30 heavy (non-hydrogen) atoms. The summed E-state index contributed by atoms with van der Waals surface area (Å²) in [5.41, 5.74) is 1.43. The van der Waals surface area contributed by atoms with Crippen molar-refractivity contribution in [1.29, 1.82) is 0 Å². The third kappa shape index (κ3) is 4.67. The molecule has 1 aromatic carbocycles. The van der Waals surface area contributed by atoms with Crippen LogP contribution in [0.15, 0.2) is 35.3 Å². The van der Waals surface area contributed by atoms with Gasteiger partial charge in [0.25, 0.3) is 0 Å². The molecule has 0 saturated carbocycles. The van der Waals surface area contributed by atoms with Gasteiger partial charge in [-0.3, -0.25) is 4.90 Å². The lowest BCUT2D eigenvalue weighted by molar-refractivity contribution is 0.265. The van der Waals surface area contributed by atoms with Crippen LogP contribution in [-0.4, -0.2) is 69.3 Å². The fraction of sp³-hybridized carbons (Fsp3) is 0.609. The minimum atomic E-state index is 0.550. The molecule has 0 spiro atoms. The second kappa shape index (κ2) is 9.60. The number of nitrogens with zero attached hydrogens (tertiary/aromatic N) is 6. The van der Waals surface area contributed by atoms with E-state index in [1.807, 2.05) is 18.5 Å². The van der Waals surface area contributed by atoms with E-state index in [9.17, 15) is 0 Å². The Morgan fingerprint density at radius 2 is 2.00 bits per heavy atom. The topological polar surface area (TPSA) is 61.6 Å². The van der Waals surface area contributed by atoms with Gasteiger partial charge in [0.05, 0.1) is 0 Å². The van der Waals surface area contributed by atoms with E-state index < -0.39 is 0 Å². The van der Waals surface area contributed by atoms with Crippen LogP contribution in [0.5, 0.6) is 0 Å². The van der Waals surface area contributed by atoms with E-state index in [4.69, 9.17) is 4.99 Å². The number of likely N-dealkylation sites (tertiary alicyclic amines) is 2. The molecule has 2 saturated heterocycles. The summed E-state index contributed by atoms with van der Waals surface area (Å²) in [5.74, 6) is 3.40. The Kier molecular flexibility index (Phi) is 6.67. The van der Waals surface area contributed by atoms with Crippen LogP contribution in [-0.2, 0) is 13.6 Å². The van der Waals surface area contributed by atoms with Crippen molar-refractivity contribution >= 4 is 5.96 Å². The van der Waals surface area contributed by atoms with E-state index in [1.54, 1.807) is 0 Å². The Morgan fingerprint density at radius 1 is 1.17 bits per heavy atom. The van der Waals surface area contributed by atoms with Gasteiger partial charge in [0, 0.05) is 38.6 Å². The van der Waals surface area contributed by atoms with Gasteiger partial charge in [-0.1, -0.05) is 37.3 Å². The maximum atomic E-state index is 4.98. The van der Waals surface area contributed by atoms with Crippen molar-refractivity contribution in [3.05, 3.63) is 47.5 Å². The van der Waals surface area contributed by atoms with E-state index in [1.165, 1.54) is 24.9 Å². The molecule has 2 atom stereocenters. The Morgan fingerprint density at radius 3 is 2.73 bits per heavy atom. The maximum Gasteiger partial charge on any atom is 0.194 e. The van der Waals surface area contributed by atoms with Crippen molar-refractivity contribution in [3.63, 3.8) is 0 Å². The van der Waals surface area contributed by atoms with Gasteiger partial charge >= 0.3 is 0 Å². The van der Waals surface area contributed by atoms with Crippen LogP contribution in [0.4, 0.5) is 0 Å². The van der Waals surface area contributed by atoms with Crippen LogP contribution in [0.2, 0.25) is 0 Å². The van der Waals surface area contributed by atoms with Gasteiger partial charge in [-0.25, -0.2) is 4.99 Å². The van der Waals surface area contributed by atoms with Crippen molar-refractivity contribution in [2.45, 2.75) is 51.6 Å². The Labute approximate surface area is 180 Å². The number of guanidine groups is 1. The monoisotopic (exact) mass is 409 g/mol. The predicted octanol–water partition coefficient (Wildman–Crippen LogP) is 2.54. The van der Waals surface area contributed by atoms with Crippen molar-refractivity contribution in [1.82, 2.24) is 29.9 Å². The minimum Gasteiger partial charge on any atom is -0.355 e. The van der Waals surface area contributed by atoms with Crippen LogP contribution in [0, 0.1) is 6.92 Å². The van der Waals surface area contributed by atoms with E-state index in [-0.39, 0.29) is 0 Å². The molecule has 7 heteroatoms. The summed E-state index contributed by atoms with van der Waals surface area (Å²) in [6.07, 6.45) is 3.73. The molecule has 0 aliphatic carbocycles. The summed E-state index contributed by atoms with van der Waals surface area (Å²) in [5, 5.41) is 12.2. The molecule has 2 aliphatic rings. The first-order valence-corrected chi connectivity index (χ1v) is 11.3. The van der Waals surface area contributed by atoms with Crippen LogP contribution in [0.3, 0.4) is 0 Å². The van der Waals surface area contributed by atoms with Crippen LogP contribution >= 0.6 is 0 Å². The first-order valence-electron chi connectivity index (χ1n) is 11.3. The molecule has 2 unspecified atom stereocenters. The summed E-state index contributed by atoms with van der Waals surface area (Å²) in [6.45, 7) is 10.1. The Hall–Kier alpha value is -2.41. The highest BCUT2D eigenvalue weighted by Gasteiger charge is 2.28. The first kappa shape index (κ1) is 20.8. The van der Waals surface area contributed by atoms with Crippen molar-refractivity contribution in [2.75, 3.05) is 32.7 Å². The largest absolute Gasteiger partial charge is 0.355 e. The molecule has 162 valence electrons. The number of aryl methyl sites for hydroxylation is 1. The number of aliphatic imine (C=N–C) groups is 1. The number of aromatic nitrogens is 3. The van der Waals surface area contributed by atoms with Crippen LogP contribution in [0.25, 0.3) is 0 Å². The highest BCUT2D eigenvalue weighted by Crippen LogP contribution is 2.27. The van der Waals surface area contributed by atoms with Crippen LogP contribution < -0.4 is 5.32 Å². The quantitative estimate of drug-likeness (QED) is 0.587. The van der Waals surface area contributed by atoms with Crippen molar-refractivity contribution in [3.8, 4) is 0 Å². The number of rotatable bonds is 6. The molecule has 2 aromatic rings. The second-order valence-electron chi connectivity index (χ2n) is 8.51. The van der Waals surface area contributed by atoms with Crippen molar-refractivity contribution < 1.29 is 0 Å². The lowest BCUT2D eigenvalue weighted by Crippen LogP contribution is -2.46. The highest BCUT2D eigenvalue weighted by atomic mass is 15.3. The van der Waals surface area contributed by atoms with E-state index >= 15 is 0 Å². The van der Waals surface area contributed by atoms with Gasteiger partial charge in [-0.05, 0) is 44.8 Å². The smallest absolute Gasteiger partial charge is 0.194 e. The Balaban J connectivity index is 1.46. The fourth-order valence-corrected chi connectivity index (χ4v) is 4.70. The van der Waals surface area contributed by atoms with E-state index in [0.717, 1.165) is 50.2 Å².